The van der Waals surface area contributed by atoms with Crippen molar-refractivity contribution in [2.75, 3.05) is 0 Å². The normalized spacial score (nSPS) is 48.6. The van der Waals surface area contributed by atoms with Gasteiger partial charge in [-0.15, -0.1) is 0 Å². The average molecular weight is 386 g/mol. The van der Waals surface area contributed by atoms with Gasteiger partial charge < -0.3 is 4.74 Å². The Morgan fingerprint density at radius 2 is 1.89 bits per heavy atom. The summed E-state index contributed by atoms with van der Waals surface area (Å²) in [5.74, 6) is 3.03. The summed E-state index contributed by atoms with van der Waals surface area (Å²) in [6.07, 6.45) is 8.83. The van der Waals surface area contributed by atoms with E-state index >= 15 is 0 Å². The van der Waals surface area contributed by atoms with Gasteiger partial charge in [0.1, 0.15) is 11.9 Å². The summed E-state index contributed by atoms with van der Waals surface area (Å²) in [7, 11) is 0. The molecule has 4 saturated carbocycles. The van der Waals surface area contributed by atoms with Crippen LogP contribution in [0.5, 0.6) is 0 Å². The van der Waals surface area contributed by atoms with Crippen molar-refractivity contribution in [1.82, 2.24) is 0 Å². The van der Waals surface area contributed by atoms with Crippen molar-refractivity contribution in [2.45, 2.75) is 84.7 Å². The molecular formula is C24H35NO3. The topological polar surface area (TPSA) is 67.2 Å². The van der Waals surface area contributed by atoms with Crippen molar-refractivity contribution < 1.29 is 14.3 Å². The van der Waals surface area contributed by atoms with Crippen LogP contribution in [0.2, 0.25) is 0 Å². The minimum atomic E-state index is -0.00327. The first kappa shape index (κ1) is 19.9. The van der Waals surface area contributed by atoms with Crippen molar-refractivity contribution in [3.63, 3.8) is 0 Å². The zero-order valence-electron chi connectivity index (χ0n) is 17.7. The zero-order valence-corrected chi connectivity index (χ0v) is 17.7. The molecule has 0 saturated heterocycles. The summed E-state index contributed by atoms with van der Waals surface area (Å²) in [6, 6.07) is 2.38. The number of fused-ring (bicyclic) bond motifs is 5. The van der Waals surface area contributed by atoms with Crippen LogP contribution in [0.1, 0.15) is 78.6 Å². The fourth-order valence-corrected chi connectivity index (χ4v) is 8.36. The Morgan fingerprint density at radius 3 is 2.61 bits per heavy atom. The van der Waals surface area contributed by atoms with Crippen molar-refractivity contribution in [2.24, 2.45) is 46.3 Å². The van der Waals surface area contributed by atoms with E-state index < -0.39 is 0 Å². The highest BCUT2D eigenvalue weighted by atomic mass is 16.5. The Kier molecular flexibility index (Phi) is 5.09. The number of hydrogen-bond donors (Lipinski definition) is 0. The first-order valence-corrected chi connectivity index (χ1v) is 11.3. The summed E-state index contributed by atoms with van der Waals surface area (Å²) >= 11 is 0. The first-order chi connectivity index (χ1) is 13.3. The highest BCUT2D eigenvalue weighted by Crippen LogP contribution is 2.67. The predicted octanol–water partition coefficient (Wildman–Crippen LogP) is 4.92. The zero-order chi connectivity index (χ0) is 20.1. The largest absolute Gasteiger partial charge is 0.465 e. The summed E-state index contributed by atoms with van der Waals surface area (Å²) in [5.41, 5.74) is 0.424. The molecule has 0 spiro atoms. The van der Waals surface area contributed by atoms with E-state index in [1.165, 1.54) is 12.8 Å². The first-order valence-electron chi connectivity index (χ1n) is 11.3. The maximum atomic E-state index is 13.4. The second kappa shape index (κ2) is 7.15. The molecule has 28 heavy (non-hydrogen) atoms. The Morgan fingerprint density at radius 1 is 1.18 bits per heavy atom. The number of carbonyl (C=O) groups excluding carboxylic acids is 2. The van der Waals surface area contributed by atoms with Gasteiger partial charge in [0, 0.05) is 18.8 Å². The smallest absolute Gasteiger partial charge is 0.293 e. The summed E-state index contributed by atoms with van der Waals surface area (Å²) < 4.78 is 5.28. The monoisotopic (exact) mass is 385 g/mol. The molecule has 4 fully saturated rings. The van der Waals surface area contributed by atoms with Gasteiger partial charge in [0.15, 0.2) is 0 Å². The van der Waals surface area contributed by atoms with Gasteiger partial charge in [-0.2, -0.15) is 5.26 Å². The summed E-state index contributed by atoms with van der Waals surface area (Å²) in [4.78, 5) is 24.2. The maximum absolute atomic E-state index is 13.4. The third kappa shape index (κ3) is 2.84. The fourth-order valence-electron chi connectivity index (χ4n) is 8.36. The Bertz CT molecular complexity index is 684. The average Bonchev–Trinajstić information content (AvgIpc) is 3.00. The van der Waals surface area contributed by atoms with Crippen LogP contribution < -0.4 is 0 Å². The van der Waals surface area contributed by atoms with Crippen LogP contribution in [0, 0.1) is 57.7 Å². The quantitative estimate of drug-likeness (QED) is 0.645. The van der Waals surface area contributed by atoms with Crippen LogP contribution in [0.3, 0.4) is 0 Å². The predicted molar refractivity (Wildman–Crippen MR) is 106 cm³/mol. The Balaban J connectivity index is 1.59. The molecule has 9 atom stereocenters. The lowest BCUT2D eigenvalue weighted by molar-refractivity contribution is -0.164. The summed E-state index contributed by atoms with van der Waals surface area (Å²) in [6.45, 7) is 7.66. The molecular weight excluding hydrogens is 350 g/mol. The molecule has 4 unspecified atom stereocenters. The lowest BCUT2D eigenvalue weighted by Crippen LogP contribution is -2.57. The number of hydrogen-bond acceptors (Lipinski definition) is 4. The Labute approximate surface area is 169 Å². The van der Waals surface area contributed by atoms with Crippen molar-refractivity contribution in [3.8, 4) is 6.07 Å². The van der Waals surface area contributed by atoms with Crippen LogP contribution in [-0.2, 0) is 14.3 Å². The lowest BCUT2D eigenvalue weighted by atomic mass is 9.44. The number of rotatable bonds is 4. The van der Waals surface area contributed by atoms with E-state index in [1.807, 2.05) is 0 Å². The highest BCUT2D eigenvalue weighted by molar-refractivity contribution is 5.83. The molecule has 0 radical (unpaired) electrons. The summed E-state index contributed by atoms with van der Waals surface area (Å²) in [5, 5.41) is 9.19. The molecule has 0 aromatic rings. The Hall–Kier alpha value is -1.37. The molecule has 4 rings (SSSR count). The third-order valence-corrected chi connectivity index (χ3v) is 9.84. The van der Waals surface area contributed by atoms with Crippen LogP contribution in [0.15, 0.2) is 0 Å². The van der Waals surface area contributed by atoms with Gasteiger partial charge in [0.05, 0.1) is 6.07 Å². The second-order valence-corrected chi connectivity index (χ2v) is 10.8. The molecule has 0 bridgehead atoms. The van der Waals surface area contributed by atoms with E-state index in [-0.39, 0.29) is 22.9 Å². The van der Waals surface area contributed by atoms with Gasteiger partial charge in [-0.25, -0.2) is 0 Å². The molecule has 0 aromatic carbocycles. The van der Waals surface area contributed by atoms with Crippen LogP contribution >= 0.6 is 0 Å². The van der Waals surface area contributed by atoms with Crippen LogP contribution in [-0.4, -0.2) is 18.4 Å². The molecule has 154 valence electrons. The number of carbonyl (C=O) groups is 2. The fraction of sp³-hybridized carbons (Fsp3) is 0.875. The van der Waals surface area contributed by atoms with Gasteiger partial charge in [0.2, 0.25) is 0 Å². The molecule has 0 aliphatic heterocycles. The minimum absolute atomic E-state index is 0.00327. The van der Waals surface area contributed by atoms with E-state index in [0.717, 1.165) is 32.1 Å². The van der Waals surface area contributed by atoms with Crippen molar-refractivity contribution in [1.29, 1.82) is 5.26 Å². The van der Waals surface area contributed by atoms with E-state index in [4.69, 9.17) is 4.74 Å². The molecule has 4 nitrogen and oxygen atoms in total. The number of ether oxygens (including phenoxy) is 1. The van der Waals surface area contributed by atoms with Gasteiger partial charge in [0.25, 0.3) is 6.47 Å². The molecule has 4 heteroatoms. The maximum Gasteiger partial charge on any atom is 0.293 e. The SMILES string of the molecule is C[C@H](CC#N)C1CCC2C3C(=O)C[C@@H]4C[C@H](OC=O)CC[C@]4(C)C3CC[C@@]21C. The highest BCUT2D eigenvalue weighted by Gasteiger charge is 2.63. The molecule has 0 heterocycles. The van der Waals surface area contributed by atoms with Gasteiger partial charge in [-0.1, -0.05) is 20.8 Å². The van der Waals surface area contributed by atoms with E-state index in [9.17, 15) is 14.9 Å². The van der Waals surface area contributed by atoms with Crippen molar-refractivity contribution in [3.05, 3.63) is 0 Å². The van der Waals surface area contributed by atoms with E-state index in [0.29, 0.717) is 54.7 Å². The van der Waals surface area contributed by atoms with Gasteiger partial charge in [-0.05, 0) is 85.4 Å². The standard InChI is InChI=1S/C24H35NO3/c1-15(8-11-25)18-4-5-19-22-20(7-10-24(18,19)3)23(2)9-6-17(28-14-26)12-16(23)13-21(22)27/h14-20,22H,4-10,12-13H2,1-3H3/t15-,16+,17-,18?,19?,20?,22?,23+,24-/m1/s1. The van der Waals surface area contributed by atoms with Gasteiger partial charge >= 0.3 is 0 Å². The minimum Gasteiger partial charge on any atom is -0.465 e. The molecule has 0 amide bonds. The van der Waals surface area contributed by atoms with E-state index in [1.54, 1.807) is 0 Å². The number of ketones is 1. The molecule has 4 aliphatic carbocycles. The molecule has 4 aliphatic rings. The lowest BCUT2D eigenvalue weighted by Gasteiger charge is -2.60. The number of nitriles is 1. The van der Waals surface area contributed by atoms with Crippen LogP contribution in [0.25, 0.3) is 0 Å². The molecule has 0 N–H and O–H groups in total. The molecule has 0 aromatic heterocycles. The third-order valence-electron chi connectivity index (χ3n) is 9.84. The van der Waals surface area contributed by atoms with E-state index in [2.05, 4.69) is 26.8 Å². The second-order valence-electron chi connectivity index (χ2n) is 10.8. The van der Waals surface area contributed by atoms with Crippen LogP contribution in [0.4, 0.5) is 0 Å². The van der Waals surface area contributed by atoms with Crippen molar-refractivity contribution >= 4 is 12.3 Å². The number of nitrogens with zero attached hydrogens (tertiary/aromatic N) is 1. The number of Topliss-reactive ketones (excluding diaryl/α,β-unsaturated/α-hetero) is 1. The van der Waals surface area contributed by atoms with Gasteiger partial charge in [-0.3, -0.25) is 9.59 Å².